The number of carbonyl (C=O) groups is 4. The van der Waals surface area contributed by atoms with Crippen molar-refractivity contribution < 1.29 is 19.2 Å². The molecule has 4 heterocycles. The maximum absolute atomic E-state index is 13.8. The molecule has 0 saturated heterocycles. The molecule has 0 aliphatic carbocycles. The van der Waals surface area contributed by atoms with Crippen LogP contribution in [-0.4, -0.2) is 74.3 Å². The lowest BCUT2D eigenvalue weighted by Crippen LogP contribution is -2.57. The van der Waals surface area contributed by atoms with Crippen LogP contribution < -0.4 is 21.3 Å². The lowest BCUT2D eigenvalue weighted by atomic mass is 10.0. The van der Waals surface area contributed by atoms with Crippen LogP contribution in [0.25, 0.3) is 5.65 Å². The van der Waals surface area contributed by atoms with Crippen molar-refractivity contribution in [3.05, 3.63) is 102 Å². The first kappa shape index (κ1) is 35.2. The van der Waals surface area contributed by atoms with Gasteiger partial charge in [0.15, 0.2) is 5.65 Å². The lowest BCUT2D eigenvalue weighted by Gasteiger charge is -2.25. The summed E-state index contributed by atoms with van der Waals surface area (Å²) in [5.74, 6) is -1.53. The molecule has 4 N–H and O–H groups in total. The van der Waals surface area contributed by atoms with Gasteiger partial charge in [-0.15, -0.1) is 0 Å². The van der Waals surface area contributed by atoms with Crippen LogP contribution in [0.4, 0.5) is 0 Å². The number of fused-ring (bicyclic) bond motifs is 19. The third kappa shape index (κ3) is 9.96. The minimum atomic E-state index is -0.943. The molecular weight excluding hydrogens is 620 g/mol. The Balaban J connectivity index is 1.40. The van der Waals surface area contributed by atoms with Gasteiger partial charge in [0.2, 0.25) is 17.7 Å². The van der Waals surface area contributed by atoms with Crippen molar-refractivity contribution in [1.82, 2.24) is 40.8 Å². The fraction of sp³-hybridized carbons (Fsp3) is 0.405. The number of aromatic nitrogens is 3. The Hall–Kier alpha value is -5.10. The normalized spacial score (nSPS) is 20.7. The maximum Gasteiger partial charge on any atom is 0.251 e. The molecule has 2 aromatic carbocycles. The summed E-state index contributed by atoms with van der Waals surface area (Å²) < 4.78 is 1.75. The Morgan fingerprint density at radius 2 is 1.61 bits per heavy atom. The predicted molar refractivity (Wildman–Crippen MR) is 186 cm³/mol. The Labute approximate surface area is 287 Å². The fourth-order valence-electron chi connectivity index (χ4n) is 5.94. The van der Waals surface area contributed by atoms with Crippen molar-refractivity contribution in [2.75, 3.05) is 13.1 Å². The molecule has 3 atom stereocenters. The third-order valence-electron chi connectivity index (χ3n) is 8.57. The highest BCUT2D eigenvalue weighted by Gasteiger charge is 2.29. The number of hydrogen-bond acceptors (Lipinski definition) is 7. The Morgan fingerprint density at radius 1 is 0.857 bits per heavy atom. The predicted octanol–water partition coefficient (Wildman–Crippen LogP) is 3.02. The number of benzene rings is 2. The van der Waals surface area contributed by atoms with Gasteiger partial charge >= 0.3 is 0 Å². The highest BCUT2D eigenvalue weighted by atomic mass is 16.2. The molecule has 2 aliphatic heterocycles. The second kappa shape index (κ2) is 16.8. The molecule has 2 aromatic heterocycles. The van der Waals surface area contributed by atoms with Gasteiger partial charge in [-0.2, -0.15) is 5.10 Å². The van der Waals surface area contributed by atoms with Crippen molar-refractivity contribution in [3.8, 4) is 0 Å². The van der Waals surface area contributed by atoms with Gasteiger partial charge in [0.25, 0.3) is 5.91 Å². The third-order valence-corrected chi connectivity index (χ3v) is 8.57. The highest BCUT2D eigenvalue weighted by Crippen LogP contribution is 2.16. The van der Waals surface area contributed by atoms with Crippen molar-refractivity contribution >= 4 is 29.3 Å². The van der Waals surface area contributed by atoms with Crippen molar-refractivity contribution in [2.45, 2.75) is 77.7 Å². The molecule has 0 radical (unpaired) electrons. The quantitative estimate of drug-likeness (QED) is 0.231. The molecule has 0 unspecified atom stereocenters. The second-order valence-corrected chi connectivity index (χ2v) is 13.1. The first-order valence-electron chi connectivity index (χ1n) is 17.0. The van der Waals surface area contributed by atoms with Crippen LogP contribution in [0.5, 0.6) is 0 Å². The number of rotatable bonds is 6. The first-order chi connectivity index (χ1) is 23.7. The van der Waals surface area contributed by atoms with Crippen molar-refractivity contribution in [3.63, 3.8) is 0 Å². The van der Waals surface area contributed by atoms with Crippen molar-refractivity contribution in [2.24, 2.45) is 5.92 Å². The maximum atomic E-state index is 13.8. The van der Waals surface area contributed by atoms with Crippen LogP contribution in [0.3, 0.4) is 0 Å². The van der Waals surface area contributed by atoms with Crippen LogP contribution in [0, 0.1) is 5.92 Å². The zero-order valence-electron chi connectivity index (χ0n) is 28.4. The summed E-state index contributed by atoms with van der Waals surface area (Å²) in [6.07, 6.45) is 7.61. The molecule has 4 aromatic rings. The van der Waals surface area contributed by atoms with Crippen LogP contribution >= 0.6 is 0 Å². The zero-order valence-corrected chi connectivity index (χ0v) is 28.4. The average Bonchev–Trinajstić information content (AvgIpc) is 3.49. The minimum Gasteiger partial charge on any atom is -0.354 e. The molecule has 6 rings (SSSR count). The van der Waals surface area contributed by atoms with Crippen molar-refractivity contribution in [1.29, 1.82) is 0 Å². The molecular formula is C37H46N8O4. The summed E-state index contributed by atoms with van der Waals surface area (Å²) in [6, 6.07) is 16.0. The molecule has 2 aliphatic rings. The summed E-state index contributed by atoms with van der Waals surface area (Å²) in [6.45, 7) is 7.99. The van der Waals surface area contributed by atoms with Gasteiger partial charge in [-0.3, -0.25) is 24.1 Å². The van der Waals surface area contributed by atoms with Gasteiger partial charge < -0.3 is 21.3 Å². The first-order valence-corrected chi connectivity index (χ1v) is 17.0. The summed E-state index contributed by atoms with van der Waals surface area (Å²) >= 11 is 0. The monoisotopic (exact) mass is 666 g/mol. The zero-order chi connectivity index (χ0) is 34.8. The van der Waals surface area contributed by atoms with E-state index in [2.05, 4.69) is 36.2 Å². The lowest BCUT2D eigenvalue weighted by molar-refractivity contribution is -0.132. The number of nitrogens with zero attached hydrogens (tertiary/aromatic N) is 4. The van der Waals surface area contributed by atoms with Gasteiger partial charge in [0.05, 0.1) is 6.20 Å². The van der Waals surface area contributed by atoms with E-state index in [-0.39, 0.29) is 18.2 Å². The fourth-order valence-corrected chi connectivity index (χ4v) is 5.94. The molecule has 12 nitrogen and oxygen atoms in total. The summed E-state index contributed by atoms with van der Waals surface area (Å²) in [5.41, 5.74) is 4.10. The van der Waals surface area contributed by atoms with E-state index >= 15 is 0 Å². The molecule has 4 amide bonds. The van der Waals surface area contributed by atoms with E-state index in [1.807, 2.05) is 74.8 Å². The van der Waals surface area contributed by atoms with Crippen LogP contribution in [-0.2, 0) is 33.9 Å². The van der Waals surface area contributed by atoms with Gasteiger partial charge in [0.1, 0.15) is 18.1 Å². The Bertz CT molecular complexity index is 1720. The molecule has 12 heteroatoms. The van der Waals surface area contributed by atoms with Gasteiger partial charge in [-0.1, -0.05) is 56.3 Å². The van der Waals surface area contributed by atoms with Crippen LogP contribution in [0.15, 0.2) is 79.3 Å². The summed E-state index contributed by atoms with van der Waals surface area (Å²) in [4.78, 5) is 60.5. The van der Waals surface area contributed by atoms with Gasteiger partial charge in [-0.25, -0.2) is 9.50 Å². The Kier molecular flexibility index (Phi) is 12.1. The van der Waals surface area contributed by atoms with Gasteiger partial charge in [-0.05, 0) is 68.0 Å². The van der Waals surface area contributed by atoms with E-state index in [0.29, 0.717) is 31.6 Å². The number of hydrogen-bond donors (Lipinski definition) is 4. The number of amides is 4. The molecule has 0 spiro atoms. The SMILES string of the molecule is CC(C)C[C@@H]1NC(=O)[C@@H](Cc2ccccc2)NC(=O)c2ccc(cc2)CN(Cc2cnn3cccnc23)CCCCNC(=O)[C@@H](C)NC1=O. The van der Waals surface area contributed by atoms with E-state index in [4.69, 9.17) is 0 Å². The molecule has 2 bridgehead atoms. The van der Waals surface area contributed by atoms with Crippen LogP contribution in [0.2, 0.25) is 0 Å². The number of carbonyl (C=O) groups excluding carboxylic acids is 4. The van der Waals surface area contributed by atoms with E-state index in [1.54, 1.807) is 29.8 Å². The average molecular weight is 667 g/mol. The van der Waals surface area contributed by atoms with E-state index in [1.165, 1.54) is 0 Å². The molecule has 49 heavy (non-hydrogen) atoms. The minimum absolute atomic E-state index is 0.0824. The van der Waals surface area contributed by atoms with E-state index in [0.717, 1.165) is 41.7 Å². The molecule has 0 fully saturated rings. The largest absolute Gasteiger partial charge is 0.354 e. The van der Waals surface area contributed by atoms with Gasteiger partial charge in [0, 0.05) is 49.6 Å². The smallest absolute Gasteiger partial charge is 0.251 e. The standard InChI is InChI=1S/C37H46N8O4/c1-25(2)20-31-36(48)41-26(3)34(46)39-16-7-8-18-44(24-30-22-40-45-19-9-17-38-33(30)45)23-28-12-14-29(15-13-28)35(47)42-32(37(49)43-31)21-27-10-5-4-6-11-27/h4-6,9-15,17,19,22,25-26,31-32H,7-8,16,18,20-21,23-24H2,1-3H3,(H,39,46)(H,41,48)(H,42,47)(H,43,49)/t26-,31+,32-/m1/s1. The van der Waals surface area contributed by atoms with E-state index in [9.17, 15) is 19.2 Å². The second-order valence-electron chi connectivity index (χ2n) is 13.1. The van der Waals surface area contributed by atoms with E-state index < -0.39 is 35.8 Å². The molecule has 258 valence electrons. The molecule has 0 saturated carbocycles. The summed E-state index contributed by atoms with van der Waals surface area (Å²) in [5, 5.41) is 15.9. The Morgan fingerprint density at radius 3 is 2.37 bits per heavy atom. The summed E-state index contributed by atoms with van der Waals surface area (Å²) in [7, 11) is 0. The topological polar surface area (TPSA) is 150 Å². The highest BCUT2D eigenvalue weighted by molar-refractivity contribution is 5.99. The number of nitrogens with one attached hydrogen (secondary N) is 4. The van der Waals surface area contributed by atoms with Crippen LogP contribution in [0.1, 0.15) is 67.1 Å².